The molecule has 15 heavy (non-hydrogen) atoms. The lowest BCUT2D eigenvalue weighted by Crippen LogP contribution is -2.28. The van der Waals surface area contributed by atoms with Gasteiger partial charge >= 0.3 is 0 Å². The largest absolute Gasteiger partial charge is 0.191 e. The zero-order valence-electron chi connectivity index (χ0n) is 8.35. The number of hydrogen-bond donors (Lipinski definition) is 0. The van der Waals surface area contributed by atoms with Crippen molar-refractivity contribution in [1.29, 1.82) is 0 Å². The Kier molecular flexibility index (Phi) is 3.01. The summed E-state index contributed by atoms with van der Waals surface area (Å²) in [5.74, 6) is 0. The molecule has 0 aliphatic carbocycles. The fourth-order valence-corrected chi connectivity index (χ4v) is 1.38. The molecule has 0 spiro atoms. The highest BCUT2D eigenvalue weighted by Crippen LogP contribution is 1.81. The number of benzene rings is 2. The lowest BCUT2D eigenvalue weighted by atomic mass is 9.63. The highest BCUT2D eigenvalue weighted by Gasteiger charge is 1.97. The van der Waals surface area contributed by atoms with Crippen molar-refractivity contribution in [2.75, 3.05) is 0 Å². The van der Waals surface area contributed by atoms with Crippen molar-refractivity contribution < 1.29 is 0 Å². The van der Waals surface area contributed by atoms with Crippen LogP contribution < -0.4 is 21.9 Å². The van der Waals surface area contributed by atoms with Gasteiger partial charge in [0.1, 0.15) is 15.7 Å². The summed E-state index contributed by atoms with van der Waals surface area (Å²) in [6.07, 6.45) is 0. The van der Waals surface area contributed by atoms with Crippen molar-refractivity contribution in [3.8, 4) is 0 Å². The predicted octanol–water partition coefficient (Wildman–Crippen LogP) is -1.07. The molecule has 0 bridgehead atoms. The van der Waals surface area contributed by atoms with E-state index in [0.717, 1.165) is 21.9 Å². The maximum Gasteiger partial charge on any atom is 0.191 e. The van der Waals surface area contributed by atoms with E-state index >= 15 is 0 Å². The Labute approximate surface area is 93.8 Å². The first-order valence-corrected chi connectivity index (χ1v) is 4.80. The van der Waals surface area contributed by atoms with Crippen molar-refractivity contribution in [1.82, 2.24) is 0 Å². The van der Waals surface area contributed by atoms with E-state index in [4.69, 9.17) is 15.7 Å². The summed E-state index contributed by atoms with van der Waals surface area (Å²) in [5.41, 5.74) is 3.83. The zero-order valence-corrected chi connectivity index (χ0v) is 8.35. The summed E-state index contributed by atoms with van der Waals surface area (Å²) in [6.45, 7) is 0. The normalized spacial score (nSPS) is 9.87. The molecule has 0 nitrogen and oxygen atoms in total. The predicted molar refractivity (Wildman–Crippen MR) is 68.7 cm³/mol. The average molecular weight is 185 g/mol. The highest BCUT2D eigenvalue weighted by atomic mass is 13.9. The Balaban J connectivity index is 2.15. The average Bonchev–Trinajstić information content (AvgIpc) is 2.25. The summed E-state index contributed by atoms with van der Waals surface area (Å²) >= 11 is 0. The summed E-state index contributed by atoms with van der Waals surface area (Å²) in [5, 5.41) is 0. The Hall–Kier alpha value is -1.37. The van der Waals surface area contributed by atoms with E-state index in [-0.39, 0.29) is 0 Å². The van der Waals surface area contributed by atoms with Crippen molar-refractivity contribution >= 4 is 44.8 Å². The van der Waals surface area contributed by atoms with Crippen molar-refractivity contribution in [3.05, 3.63) is 48.5 Å². The molecule has 0 N–H and O–H groups in total. The first kappa shape index (κ1) is 10.2. The highest BCUT2D eigenvalue weighted by molar-refractivity contribution is 6.67. The maximum atomic E-state index is 5.61. The lowest BCUT2D eigenvalue weighted by molar-refractivity contribution is 1.81. The molecule has 0 aliphatic rings. The standard InChI is InChI=1S/C12H8B3/c13-9-1-5-11(6-2-9)15-12-7-3-10(14)4-8-12/h1-8H. The van der Waals surface area contributed by atoms with Gasteiger partial charge in [-0.15, -0.1) is 0 Å². The molecule has 2 aromatic rings. The van der Waals surface area contributed by atoms with Crippen LogP contribution in [0.1, 0.15) is 0 Å². The summed E-state index contributed by atoms with van der Waals surface area (Å²) in [6, 6.07) is 15.5. The van der Waals surface area contributed by atoms with E-state index in [1.165, 1.54) is 0 Å². The zero-order chi connectivity index (χ0) is 10.7. The minimum absolute atomic E-state index is 0.782. The van der Waals surface area contributed by atoms with Gasteiger partial charge in [0.15, 0.2) is 7.28 Å². The Morgan fingerprint density at radius 2 is 0.933 bits per heavy atom. The van der Waals surface area contributed by atoms with Crippen LogP contribution in [0, 0.1) is 0 Å². The summed E-state index contributed by atoms with van der Waals surface area (Å²) in [7, 11) is 13.3. The van der Waals surface area contributed by atoms with Gasteiger partial charge in [0.2, 0.25) is 0 Å². The molecule has 0 aromatic heterocycles. The van der Waals surface area contributed by atoms with E-state index in [2.05, 4.69) is 7.28 Å². The second kappa shape index (κ2) is 4.44. The summed E-state index contributed by atoms with van der Waals surface area (Å²) < 4.78 is 0. The van der Waals surface area contributed by atoms with Crippen LogP contribution in [0.4, 0.5) is 0 Å². The number of hydrogen-bond acceptors (Lipinski definition) is 0. The molecule has 0 aliphatic heterocycles. The van der Waals surface area contributed by atoms with Crippen LogP contribution in [0.25, 0.3) is 0 Å². The van der Waals surface area contributed by atoms with Crippen LogP contribution >= 0.6 is 0 Å². The smallest absolute Gasteiger partial charge is 0.0967 e. The first-order valence-electron chi connectivity index (χ1n) is 4.80. The van der Waals surface area contributed by atoms with Gasteiger partial charge < -0.3 is 0 Å². The quantitative estimate of drug-likeness (QED) is 0.522. The molecular formula is C12H8B3. The molecule has 2 aromatic carbocycles. The van der Waals surface area contributed by atoms with Crippen LogP contribution in [0.3, 0.4) is 0 Å². The molecule has 5 radical (unpaired) electrons. The molecule has 0 saturated heterocycles. The molecule has 0 unspecified atom stereocenters. The van der Waals surface area contributed by atoms with Gasteiger partial charge in [-0.05, 0) is 0 Å². The Bertz CT molecular complexity index is 388. The topological polar surface area (TPSA) is 0 Å². The van der Waals surface area contributed by atoms with Crippen LogP contribution in [0.5, 0.6) is 0 Å². The monoisotopic (exact) mass is 185 g/mol. The van der Waals surface area contributed by atoms with Crippen LogP contribution in [0.15, 0.2) is 48.5 Å². The minimum atomic E-state index is 0.782. The third kappa shape index (κ3) is 2.79. The van der Waals surface area contributed by atoms with Gasteiger partial charge in [-0.25, -0.2) is 0 Å². The van der Waals surface area contributed by atoms with Crippen molar-refractivity contribution in [2.45, 2.75) is 0 Å². The van der Waals surface area contributed by atoms with Gasteiger partial charge in [0.05, 0.1) is 0 Å². The molecule has 0 atom stereocenters. The molecule has 65 valence electrons. The van der Waals surface area contributed by atoms with E-state index < -0.39 is 0 Å². The van der Waals surface area contributed by atoms with Crippen LogP contribution in [0.2, 0.25) is 0 Å². The third-order valence-electron chi connectivity index (χ3n) is 2.21. The fourth-order valence-electron chi connectivity index (χ4n) is 1.38. The molecule has 0 fully saturated rings. The molecule has 0 heterocycles. The SMILES string of the molecule is [B]c1ccc([B]c2ccc([B])cc2)cc1. The Morgan fingerprint density at radius 1 is 0.600 bits per heavy atom. The van der Waals surface area contributed by atoms with Crippen LogP contribution in [-0.2, 0) is 0 Å². The minimum Gasteiger partial charge on any atom is -0.0967 e. The van der Waals surface area contributed by atoms with Crippen LogP contribution in [-0.4, -0.2) is 23.0 Å². The second-order valence-electron chi connectivity index (χ2n) is 3.48. The van der Waals surface area contributed by atoms with E-state index in [1.807, 2.05) is 48.5 Å². The van der Waals surface area contributed by atoms with E-state index in [9.17, 15) is 0 Å². The van der Waals surface area contributed by atoms with Gasteiger partial charge in [0, 0.05) is 0 Å². The van der Waals surface area contributed by atoms with Gasteiger partial charge in [-0.2, -0.15) is 0 Å². The lowest BCUT2D eigenvalue weighted by Gasteiger charge is -2.01. The molecular weight excluding hydrogens is 177 g/mol. The maximum absolute atomic E-state index is 5.61. The Morgan fingerprint density at radius 3 is 1.27 bits per heavy atom. The first-order chi connectivity index (χ1) is 7.24. The van der Waals surface area contributed by atoms with Gasteiger partial charge in [-0.3, -0.25) is 0 Å². The second-order valence-corrected chi connectivity index (χ2v) is 3.48. The fraction of sp³-hybridized carbons (Fsp3) is 0. The number of rotatable bonds is 2. The molecule has 3 heteroatoms. The molecule has 2 rings (SSSR count). The van der Waals surface area contributed by atoms with Gasteiger partial charge in [-0.1, -0.05) is 70.4 Å². The van der Waals surface area contributed by atoms with Crippen molar-refractivity contribution in [2.24, 2.45) is 0 Å². The van der Waals surface area contributed by atoms with Crippen molar-refractivity contribution in [3.63, 3.8) is 0 Å². The van der Waals surface area contributed by atoms with E-state index in [1.54, 1.807) is 0 Å². The molecule has 0 saturated carbocycles. The third-order valence-corrected chi connectivity index (χ3v) is 2.21. The van der Waals surface area contributed by atoms with Gasteiger partial charge in [0.25, 0.3) is 0 Å². The summed E-state index contributed by atoms with van der Waals surface area (Å²) in [4.78, 5) is 0. The molecule has 0 amide bonds. The van der Waals surface area contributed by atoms with E-state index in [0.29, 0.717) is 0 Å².